The van der Waals surface area contributed by atoms with E-state index >= 15 is 0 Å². The van der Waals surface area contributed by atoms with Gasteiger partial charge in [-0.15, -0.1) is 0 Å². The maximum Gasteiger partial charge on any atom is 0.264 e. The minimum absolute atomic E-state index is 0.00874. The number of aliphatic hydroxyl groups is 2. The van der Waals surface area contributed by atoms with Gasteiger partial charge in [0.1, 0.15) is 98.7 Å². The first-order chi connectivity index (χ1) is 68.3. The third-order valence-electron chi connectivity index (χ3n) is 21.5. The molecule has 0 amide bonds. The number of aryl methyl sites for hydroxylation is 3. The van der Waals surface area contributed by atoms with Gasteiger partial charge in [-0.2, -0.15) is 28.7 Å². The summed E-state index contributed by atoms with van der Waals surface area (Å²) in [5.74, 6) is 0.745. The van der Waals surface area contributed by atoms with Crippen molar-refractivity contribution in [2.75, 3.05) is 88.2 Å². The summed E-state index contributed by atoms with van der Waals surface area (Å²) in [6.07, 6.45) is 13.5. The van der Waals surface area contributed by atoms with Gasteiger partial charge in [-0.05, 0) is 202 Å². The van der Waals surface area contributed by atoms with E-state index in [4.69, 9.17) is 47.7 Å². The molecule has 0 saturated heterocycles. The van der Waals surface area contributed by atoms with Crippen molar-refractivity contribution >= 4 is 186 Å². The van der Waals surface area contributed by atoms with Crippen molar-refractivity contribution in [1.82, 2.24) is 57.7 Å². The van der Waals surface area contributed by atoms with Gasteiger partial charge in [0.15, 0.2) is 0 Å². The van der Waals surface area contributed by atoms with Crippen LogP contribution in [0.4, 0.5) is 20.2 Å². The van der Waals surface area contributed by atoms with Crippen LogP contribution in [0.1, 0.15) is 78.5 Å². The van der Waals surface area contributed by atoms with Crippen molar-refractivity contribution in [3.63, 3.8) is 0 Å². The lowest BCUT2D eigenvalue weighted by atomic mass is 10.1. The third kappa shape index (κ3) is 38.5. The van der Waals surface area contributed by atoms with Gasteiger partial charge in [0.05, 0.1) is 49.6 Å². The molecule has 14 heterocycles. The van der Waals surface area contributed by atoms with Gasteiger partial charge in [-0.1, -0.05) is 189 Å². The molecule has 792 valence electrons. The fourth-order valence-corrected chi connectivity index (χ4v) is 21.0. The van der Waals surface area contributed by atoms with Crippen LogP contribution in [0.15, 0.2) is 182 Å². The summed E-state index contributed by atoms with van der Waals surface area (Å²) in [6, 6.07) is 41.8. The first-order valence-electron chi connectivity index (χ1n) is 49.4. The number of rotatable bonds is 36. The second kappa shape index (κ2) is 58.4. The van der Waals surface area contributed by atoms with Crippen LogP contribution in [0.5, 0.6) is 23.5 Å². The van der Waals surface area contributed by atoms with Crippen LogP contribution in [-0.2, 0) is 83.8 Å². The Morgan fingerprint density at radius 3 is 1.19 bits per heavy atom. The first-order valence-corrected chi connectivity index (χ1v) is 73.2. The number of ether oxygens (including phenoxy) is 9. The molecule has 2 aliphatic rings. The van der Waals surface area contributed by atoms with Crippen molar-refractivity contribution in [2.45, 2.75) is 254 Å². The van der Waals surface area contributed by atoms with E-state index in [2.05, 4.69) is 209 Å². The summed E-state index contributed by atoms with van der Waals surface area (Å²) in [7, 11) is -13.0. The predicted octanol–water partition coefficient (Wildman–Crippen LogP) is 26.0. The van der Waals surface area contributed by atoms with Gasteiger partial charge in [-0.25, -0.2) is 26.8 Å². The van der Waals surface area contributed by atoms with Gasteiger partial charge < -0.3 is 80.7 Å². The van der Waals surface area contributed by atoms with E-state index in [0.29, 0.717) is 83.6 Å². The molecule has 0 atom stereocenters. The monoisotopic (exact) mass is 2300 g/mol. The lowest BCUT2D eigenvalue weighted by Gasteiger charge is -2.29. The van der Waals surface area contributed by atoms with Gasteiger partial charge in [0, 0.05) is 148 Å². The van der Waals surface area contributed by atoms with Crippen molar-refractivity contribution in [2.24, 2.45) is 0 Å². The van der Waals surface area contributed by atoms with E-state index in [1.54, 1.807) is 72.9 Å². The molecule has 16 rings (SSSR count). The number of halogens is 5. The van der Waals surface area contributed by atoms with Crippen LogP contribution < -0.4 is 28.0 Å². The molecule has 29 nitrogen and oxygen atoms in total. The molecule has 0 spiro atoms. The second-order valence-electron chi connectivity index (χ2n) is 39.3. The molecular weight excluding hydrogens is 2160 g/mol. The Morgan fingerprint density at radius 2 is 0.764 bits per heavy atom. The molecule has 14 aromatic rings. The number of pyridine rings is 6. The number of sulfonamides is 2. The zero-order valence-corrected chi connectivity index (χ0v) is 100. The van der Waals surface area contributed by atoms with E-state index < -0.39 is 72.3 Å². The Morgan fingerprint density at radius 1 is 0.410 bits per heavy atom. The highest BCUT2D eigenvalue weighted by Gasteiger charge is 2.33. The van der Waals surface area contributed by atoms with Crippen LogP contribution in [0.2, 0.25) is 128 Å². The Balaban J connectivity index is 0.000000236. The van der Waals surface area contributed by atoms with Crippen LogP contribution in [-0.4, -0.2) is 204 Å². The molecule has 2 aromatic carbocycles. The number of nitrogens with one attached hydrogen (secondary N) is 2. The van der Waals surface area contributed by atoms with Crippen LogP contribution >= 0.6 is 47.8 Å². The SMILES string of the molecule is CC.CC.CC.CC.C[Si](C)(C)CCOCn1ccc2cc(Br)c(F)nc21.C[Si](C)(C)CCOCn1ccc2cc(Br)c(OCCO)nc21.C[Si](C)(C)CCOCn1ccc2cc3c(nc21)OCCC3.Cc1ccc(S(=O)(=O)N2CCOc3nc4c(ccn4COCC[Si](C)(C)C)cc32)cc1.Cc1ccc(S(=O)(=O)Nc2cc3ccn(COCC[Si](C)(C)C)c3nc2OCCO)cc1.Fc1nc2[nH]ccc2cc1Br. The number of anilines is 2. The zero-order valence-electron chi connectivity index (χ0n) is 88.8. The number of aromatic nitrogens is 12. The lowest BCUT2D eigenvalue weighted by Crippen LogP contribution is -2.38. The molecule has 0 aliphatic carbocycles. The highest BCUT2D eigenvalue weighted by Crippen LogP contribution is 2.39. The maximum absolute atomic E-state index is 13.4. The van der Waals surface area contributed by atoms with Gasteiger partial charge in [-0.3, -0.25) is 9.03 Å². The molecule has 0 radical (unpaired) electrons. The van der Waals surface area contributed by atoms with Gasteiger partial charge in [0.2, 0.25) is 35.4 Å². The van der Waals surface area contributed by atoms with E-state index in [0.717, 1.165) is 135 Å². The number of fused-ring (bicyclic) bond motifs is 8. The summed E-state index contributed by atoms with van der Waals surface area (Å²) in [5, 5.41) is 23.6. The zero-order chi connectivity index (χ0) is 107. The van der Waals surface area contributed by atoms with E-state index in [9.17, 15) is 30.7 Å². The number of benzene rings is 2. The number of hydrogen-bond acceptors (Lipinski definition) is 21. The number of nitrogens with zero attached hydrogens (tertiary/aromatic N) is 12. The quantitative estimate of drug-likeness (QED) is 0.0161. The van der Waals surface area contributed by atoms with Gasteiger partial charge >= 0.3 is 0 Å². The normalized spacial score (nSPS) is 12.5. The molecule has 4 N–H and O–H groups in total. The predicted molar refractivity (Wildman–Crippen MR) is 606 cm³/mol. The fourth-order valence-electron chi connectivity index (χ4n) is 13.6. The maximum atomic E-state index is 13.4. The summed E-state index contributed by atoms with van der Waals surface area (Å²) >= 11 is 9.62. The minimum atomic E-state index is -3.83. The second-order valence-corrected chi connectivity index (χ2v) is 73.5. The van der Waals surface area contributed by atoms with Crippen molar-refractivity contribution in [3.05, 3.63) is 201 Å². The van der Waals surface area contributed by atoms with Crippen LogP contribution in [0, 0.1) is 25.7 Å². The van der Waals surface area contributed by atoms with Gasteiger partial charge in [0.25, 0.3) is 20.0 Å². The van der Waals surface area contributed by atoms with Crippen LogP contribution in [0.3, 0.4) is 0 Å². The van der Waals surface area contributed by atoms with Crippen molar-refractivity contribution in [3.8, 4) is 23.5 Å². The minimum Gasteiger partial charge on any atom is -0.477 e. The molecule has 2 aliphatic heterocycles. The first kappa shape index (κ1) is 122. The molecule has 0 unspecified atom stereocenters. The largest absolute Gasteiger partial charge is 0.477 e. The Kier molecular flexibility index (Phi) is 49.6. The Hall–Kier alpha value is -8.62. The third-order valence-corrected chi connectivity index (χ3v) is 34.9. The van der Waals surface area contributed by atoms with E-state index in [-0.39, 0.29) is 60.9 Å². The van der Waals surface area contributed by atoms with E-state index in [1.807, 2.05) is 155 Å². The molecular formula is C103H153Br3F2N14O15S2Si5. The molecule has 144 heavy (non-hydrogen) atoms. The smallest absolute Gasteiger partial charge is 0.264 e. The summed E-state index contributed by atoms with van der Waals surface area (Å²) in [6.45, 7) is 62.0. The van der Waals surface area contributed by atoms with Crippen molar-refractivity contribution in [1.29, 1.82) is 0 Å². The molecule has 0 saturated carbocycles. The summed E-state index contributed by atoms with van der Waals surface area (Å²) < 4.78 is 145. The number of aliphatic hydroxyl groups excluding tert-OH is 2. The molecule has 41 heteroatoms. The summed E-state index contributed by atoms with van der Waals surface area (Å²) in [4.78, 5) is 29.2. The fraction of sp³-hybridized carbons (Fsp3) is 0.476. The van der Waals surface area contributed by atoms with Crippen LogP contribution in [0.25, 0.3) is 66.2 Å². The standard InChI is InChI=1S/C22H31N3O5SSi.C22H29N3O4SSi.C16H24N2O2Si.C15H23BrN2O3Si.C13H18BrFN2OSi.C7H4BrFN2.4C2H6/c1-17-5-7-19(8-6-17)31(27,28)24-20-15-18-9-10-25(16-29-13-14-32(2,3)4)21(18)23-22(20)30-12-11-26;1-17-5-7-19(8-6-17)30(26,27)25-11-12-29-22-20(25)15-18-9-10-24(21(18)23-22)16-28-13-14-31(2,3)4;1-21(2,3)10-9-19-12-18-7-6-13-11-14-5-4-8-20-16(14)17-15(13)18;1-22(2,3)9-8-20-11-18-5-4-12-10-13(16)15(17-14(12)18)21-7-6-19;1-19(2,3)7-6-18-9-17-5-4-10-8-11(14)12(15)16-13(10)17;8-5-3-4-1-2-10-7(4)11-6(5)9;4*1-2/h5-10,15,24,26H,11-14,16H2,1-4H3;5-10,15H,11-14,16H2,1-4H3;6-7,11H,4-5,8-10,12H2,1-3H3;4-5,10,19H,6-9,11H2,1-3H3;4-5,8H,6-7,9H2,1-3H3;1-3H,(H,10,11);4*1-2H3. The average molecular weight is 2310 g/mol. The average Bonchev–Trinajstić information content (AvgIpc) is 1.32. The highest BCUT2D eigenvalue weighted by atomic mass is 79.9. The lowest BCUT2D eigenvalue weighted by molar-refractivity contribution is 0.0897. The number of aromatic amines is 1. The topological polar surface area (TPSA) is 325 Å². The Labute approximate surface area is 881 Å². The number of hydrogen-bond donors (Lipinski definition) is 4. The molecule has 0 bridgehead atoms. The molecule has 12 aromatic heterocycles. The van der Waals surface area contributed by atoms with E-state index in [1.165, 1.54) is 21.3 Å². The van der Waals surface area contributed by atoms with Crippen molar-refractivity contribution < 1.29 is 78.5 Å². The molecule has 0 fully saturated rings. The number of H-pyrrole nitrogens is 1. The highest BCUT2D eigenvalue weighted by molar-refractivity contribution is 9.11. The summed E-state index contributed by atoms with van der Waals surface area (Å²) in [5.41, 5.74) is 8.20. The Bertz CT molecular complexity index is 6510.